The first-order valence-electron chi connectivity index (χ1n) is 17.0. The van der Waals surface area contributed by atoms with Gasteiger partial charge in [-0.15, -0.1) is 0 Å². The van der Waals surface area contributed by atoms with Crippen molar-refractivity contribution in [3.8, 4) is 5.75 Å². The van der Waals surface area contributed by atoms with E-state index in [0.717, 1.165) is 34.4 Å². The van der Waals surface area contributed by atoms with Crippen LogP contribution in [0.1, 0.15) is 56.4 Å². The number of pyridine rings is 1. The van der Waals surface area contributed by atoms with E-state index in [0.29, 0.717) is 44.5 Å². The quantitative estimate of drug-likeness (QED) is 0.179. The zero-order valence-electron chi connectivity index (χ0n) is 29.1. The van der Waals surface area contributed by atoms with Gasteiger partial charge in [-0.05, 0) is 72.8 Å². The molecule has 1 amide bonds. The highest BCUT2D eigenvalue weighted by molar-refractivity contribution is 6.74. The number of aromatic amines is 1. The van der Waals surface area contributed by atoms with Gasteiger partial charge in [-0.2, -0.15) is 13.2 Å². The monoisotopic (exact) mass is 702 g/mol. The maximum Gasteiger partial charge on any atom is 0.471 e. The fraction of sp³-hybridized carbons (Fsp3) is 0.556. The highest BCUT2D eigenvalue weighted by Crippen LogP contribution is 2.41. The number of nitrogens with one attached hydrogen (secondary N) is 2. The third kappa shape index (κ3) is 8.93. The lowest BCUT2D eigenvalue weighted by Crippen LogP contribution is -2.59. The molecule has 9 nitrogen and oxygen atoms in total. The number of rotatable bonds is 10. The summed E-state index contributed by atoms with van der Waals surface area (Å²) in [4.78, 5) is 29.8. The number of H-pyrrole nitrogens is 1. The van der Waals surface area contributed by atoms with Crippen LogP contribution in [0.2, 0.25) is 18.1 Å². The molecule has 2 aromatic carbocycles. The van der Waals surface area contributed by atoms with Crippen LogP contribution >= 0.6 is 0 Å². The van der Waals surface area contributed by atoms with Crippen molar-refractivity contribution in [2.24, 2.45) is 0 Å². The normalized spacial score (nSPS) is 18.2. The molecule has 13 heteroatoms. The molecule has 0 aliphatic carbocycles. The first kappa shape index (κ1) is 37.0. The Morgan fingerprint density at radius 3 is 2.49 bits per heavy atom. The number of aromatic hydroxyl groups is 1. The van der Waals surface area contributed by atoms with Crippen LogP contribution in [0.15, 0.2) is 53.3 Å². The molecule has 49 heavy (non-hydrogen) atoms. The first-order chi connectivity index (χ1) is 23.0. The van der Waals surface area contributed by atoms with Crippen molar-refractivity contribution in [3.05, 3.63) is 75.6 Å². The predicted molar refractivity (Wildman–Crippen MR) is 186 cm³/mol. The molecule has 2 aliphatic heterocycles. The van der Waals surface area contributed by atoms with Crippen molar-refractivity contribution in [3.63, 3.8) is 0 Å². The summed E-state index contributed by atoms with van der Waals surface area (Å²) in [5.41, 5.74) is 2.65. The fourth-order valence-electron chi connectivity index (χ4n) is 6.51. The van der Waals surface area contributed by atoms with Gasteiger partial charge in [-0.25, -0.2) is 0 Å². The lowest BCUT2D eigenvalue weighted by atomic mass is 9.89. The zero-order valence-corrected chi connectivity index (χ0v) is 30.1. The van der Waals surface area contributed by atoms with Gasteiger partial charge < -0.3 is 29.5 Å². The van der Waals surface area contributed by atoms with E-state index in [9.17, 15) is 27.9 Å². The number of phenols is 1. The number of halogens is 3. The summed E-state index contributed by atoms with van der Waals surface area (Å²) in [6.45, 7) is 14.4. The Morgan fingerprint density at radius 2 is 1.80 bits per heavy atom. The number of hydrogen-bond acceptors (Lipinski definition) is 7. The van der Waals surface area contributed by atoms with E-state index in [2.05, 4.69) is 67.3 Å². The van der Waals surface area contributed by atoms with E-state index in [1.165, 1.54) is 11.6 Å². The van der Waals surface area contributed by atoms with Crippen LogP contribution in [0.3, 0.4) is 0 Å². The Hall–Kier alpha value is -3.23. The largest absolute Gasteiger partial charge is 0.506 e. The highest BCUT2D eigenvalue weighted by atomic mass is 28.4. The average molecular weight is 703 g/mol. The molecule has 0 unspecified atom stereocenters. The predicted octanol–water partition coefficient (Wildman–Crippen LogP) is 5.88. The number of nitrogens with zero attached hydrogens (tertiary/aromatic N) is 2. The number of benzene rings is 2. The molecule has 3 aromatic rings. The van der Waals surface area contributed by atoms with Crippen LogP contribution in [0.25, 0.3) is 10.9 Å². The molecule has 0 saturated carbocycles. The van der Waals surface area contributed by atoms with Crippen LogP contribution in [-0.4, -0.2) is 91.8 Å². The highest BCUT2D eigenvalue weighted by Gasteiger charge is 2.48. The van der Waals surface area contributed by atoms with Crippen molar-refractivity contribution >= 4 is 25.1 Å². The number of aromatic nitrogens is 1. The van der Waals surface area contributed by atoms with E-state index in [-0.39, 0.29) is 42.1 Å². The summed E-state index contributed by atoms with van der Waals surface area (Å²) in [7, 11) is -2.19. The van der Waals surface area contributed by atoms with Crippen LogP contribution in [0, 0.1) is 0 Å². The maximum absolute atomic E-state index is 13.0. The molecule has 3 N–H and O–H groups in total. The number of amides is 1. The van der Waals surface area contributed by atoms with E-state index < -0.39 is 26.0 Å². The number of carbonyl (C=O) groups is 1. The number of fused-ring (bicyclic) bond motifs is 1. The Balaban J connectivity index is 1.18. The van der Waals surface area contributed by atoms with Gasteiger partial charge in [-0.1, -0.05) is 51.1 Å². The molecule has 1 spiro atoms. The number of carbonyl (C=O) groups excluding carboxylic acids is 1. The van der Waals surface area contributed by atoms with Gasteiger partial charge in [0, 0.05) is 44.2 Å². The molecule has 1 atom stereocenters. The standard InChI is InChI=1S/C36H49F3N4O5Si/c1-34(2,3)49(4,5)48-30(27-9-11-29(44)32-28(27)10-12-31(45)41-32)22-40-16-13-25-7-6-8-26(21-25)23-42-17-14-35(15-18-42)24-43(19-20-47-35)33(46)36(37,38)39/h6-12,21,30,40,44H,13-20,22-24H2,1-5H3,(H,41,45)/t30-/m0/s1. The fourth-order valence-corrected chi connectivity index (χ4v) is 7.79. The van der Waals surface area contributed by atoms with Gasteiger partial charge >= 0.3 is 12.1 Å². The van der Waals surface area contributed by atoms with E-state index in [1.54, 1.807) is 12.1 Å². The molecule has 5 rings (SSSR count). The maximum atomic E-state index is 13.0. The topological polar surface area (TPSA) is 107 Å². The Bertz CT molecular complexity index is 1680. The van der Waals surface area contributed by atoms with Crippen molar-refractivity contribution in [1.29, 1.82) is 0 Å². The number of morpholine rings is 1. The lowest BCUT2D eigenvalue weighted by molar-refractivity contribution is -0.200. The van der Waals surface area contributed by atoms with E-state index in [1.807, 2.05) is 12.1 Å². The number of phenolic OH excluding ortho intramolecular Hbond substituents is 1. The Morgan fingerprint density at radius 1 is 1.08 bits per heavy atom. The second kappa shape index (κ2) is 14.6. The van der Waals surface area contributed by atoms with Gasteiger partial charge in [0.1, 0.15) is 5.75 Å². The third-order valence-corrected chi connectivity index (χ3v) is 14.8. The number of ether oxygens (including phenoxy) is 1. The van der Waals surface area contributed by atoms with Crippen molar-refractivity contribution in [2.75, 3.05) is 45.9 Å². The van der Waals surface area contributed by atoms with Gasteiger partial charge in [0.15, 0.2) is 8.32 Å². The summed E-state index contributed by atoms with van der Waals surface area (Å²) in [5, 5.41) is 14.8. The van der Waals surface area contributed by atoms with E-state index >= 15 is 0 Å². The molecular formula is C36H49F3N4O5Si. The number of piperidine rings is 1. The molecule has 3 heterocycles. The third-order valence-electron chi connectivity index (χ3n) is 10.4. The number of likely N-dealkylation sites (tertiary alicyclic amines) is 1. The molecule has 268 valence electrons. The average Bonchev–Trinajstić information content (AvgIpc) is 3.03. The summed E-state index contributed by atoms with van der Waals surface area (Å²) < 4.78 is 52.0. The van der Waals surface area contributed by atoms with Gasteiger partial charge in [0.2, 0.25) is 5.56 Å². The summed E-state index contributed by atoms with van der Waals surface area (Å²) in [6.07, 6.45) is -3.23. The van der Waals surface area contributed by atoms with Crippen LogP contribution < -0.4 is 10.9 Å². The molecule has 1 aromatic heterocycles. The molecule has 2 fully saturated rings. The molecular weight excluding hydrogens is 653 g/mol. The van der Waals surface area contributed by atoms with Crippen LogP contribution in [-0.2, 0) is 26.9 Å². The molecule has 2 saturated heterocycles. The second-order valence-corrected chi connectivity index (χ2v) is 19.7. The summed E-state index contributed by atoms with van der Waals surface area (Å²) in [5.74, 6) is -1.76. The minimum atomic E-state index is -4.87. The minimum absolute atomic E-state index is 0.0163. The number of hydrogen-bond donors (Lipinski definition) is 3. The first-order valence-corrected chi connectivity index (χ1v) is 19.9. The SMILES string of the molecule is CC(C)(C)[Si](C)(C)O[C@@H](CNCCc1cccc(CN2CCC3(CC2)CN(C(=O)C(F)(F)F)CCO3)c1)c1ccc(O)c2[nH]c(=O)ccc12. The molecule has 0 bridgehead atoms. The van der Waals surface area contributed by atoms with Crippen LogP contribution in [0.4, 0.5) is 13.2 Å². The van der Waals surface area contributed by atoms with Crippen molar-refractivity contribution in [2.45, 2.75) is 82.6 Å². The Kier molecular flexibility index (Phi) is 11.0. The second-order valence-electron chi connectivity index (χ2n) is 15.0. The number of alkyl halides is 3. The van der Waals surface area contributed by atoms with Gasteiger partial charge in [-0.3, -0.25) is 14.5 Å². The Labute approximate surface area is 286 Å². The van der Waals surface area contributed by atoms with E-state index in [4.69, 9.17) is 9.16 Å². The summed E-state index contributed by atoms with van der Waals surface area (Å²) >= 11 is 0. The van der Waals surface area contributed by atoms with Gasteiger partial charge in [0.25, 0.3) is 0 Å². The molecule has 0 radical (unpaired) electrons. The summed E-state index contributed by atoms with van der Waals surface area (Å²) in [6, 6.07) is 15.1. The van der Waals surface area contributed by atoms with Gasteiger partial charge in [0.05, 0.1) is 30.4 Å². The van der Waals surface area contributed by atoms with Crippen LogP contribution in [0.5, 0.6) is 5.75 Å². The molecule has 2 aliphatic rings. The van der Waals surface area contributed by atoms with Crippen molar-refractivity contribution < 1.29 is 32.2 Å². The van der Waals surface area contributed by atoms with Crippen molar-refractivity contribution in [1.82, 2.24) is 20.1 Å². The lowest BCUT2D eigenvalue weighted by Gasteiger charge is -2.47. The smallest absolute Gasteiger partial charge is 0.471 e. The minimum Gasteiger partial charge on any atom is -0.506 e. The zero-order chi connectivity index (χ0) is 35.6.